The number of nitrogens with one attached hydrogen (secondary N) is 2. The van der Waals surface area contributed by atoms with Crippen molar-refractivity contribution in [2.75, 3.05) is 23.8 Å². The molecule has 0 aromatic heterocycles. The molecule has 0 unspecified atom stereocenters. The number of hydrogen-bond donors (Lipinski definition) is 2. The van der Waals surface area contributed by atoms with Gasteiger partial charge < -0.3 is 20.1 Å². The highest BCUT2D eigenvalue weighted by molar-refractivity contribution is 6.31. The Labute approximate surface area is 204 Å². The average Bonchev–Trinajstić information content (AvgIpc) is 2.79. The van der Waals surface area contributed by atoms with Gasteiger partial charge in [-0.3, -0.25) is 14.4 Å². The topological polar surface area (TPSA) is 111 Å². The van der Waals surface area contributed by atoms with Gasteiger partial charge in [-0.25, -0.2) is 4.79 Å². The van der Waals surface area contributed by atoms with Crippen molar-refractivity contribution in [3.05, 3.63) is 58.6 Å². The first-order valence-electron chi connectivity index (χ1n) is 10.9. The van der Waals surface area contributed by atoms with E-state index in [-0.39, 0.29) is 31.1 Å². The van der Waals surface area contributed by atoms with Gasteiger partial charge in [-0.15, -0.1) is 0 Å². The van der Waals surface area contributed by atoms with Crippen molar-refractivity contribution in [1.29, 1.82) is 0 Å². The number of aryl methyl sites for hydroxylation is 1. The van der Waals surface area contributed by atoms with Crippen LogP contribution in [0.3, 0.4) is 0 Å². The number of benzene rings is 2. The van der Waals surface area contributed by atoms with Gasteiger partial charge in [0.2, 0.25) is 5.91 Å². The Hall–Kier alpha value is -3.39. The molecule has 0 aliphatic carbocycles. The van der Waals surface area contributed by atoms with E-state index in [4.69, 9.17) is 21.1 Å². The van der Waals surface area contributed by atoms with E-state index >= 15 is 0 Å². The minimum absolute atomic E-state index is 0.00246. The molecule has 0 bridgehead atoms. The van der Waals surface area contributed by atoms with Crippen molar-refractivity contribution in [3.63, 3.8) is 0 Å². The van der Waals surface area contributed by atoms with Gasteiger partial charge in [0.05, 0.1) is 12.2 Å². The van der Waals surface area contributed by atoms with E-state index in [0.29, 0.717) is 28.6 Å². The highest BCUT2D eigenvalue weighted by atomic mass is 35.5. The van der Waals surface area contributed by atoms with Crippen molar-refractivity contribution < 1.29 is 28.7 Å². The van der Waals surface area contributed by atoms with Crippen molar-refractivity contribution >= 4 is 46.7 Å². The van der Waals surface area contributed by atoms with Crippen LogP contribution in [0, 0.1) is 12.8 Å². The second-order valence-corrected chi connectivity index (χ2v) is 8.58. The normalized spacial score (nSPS) is 10.5. The summed E-state index contributed by atoms with van der Waals surface area (Å²) < 4.78 is 10.1. The molecule has 2 rings (SSSR count). The molecule has 9 heteroatoms. The van der Waals surface area contributed by atoms with Gasteiger partial charge in [-0.1, -0.05) is 31.5 Å². The zero-order chi connectivity index (χ0) is 25.1. The minimum atomic E-state index is -0.574. The first-order chi connectivity index (χ1) is 16.1. The Morgan fingerprint density at radius 1 is 0.912 bits per heavy atom. The smallest absolute Gasteiger partial charge is 0.338 e. The molecule has 2 N–H and O–H groups in total. The third-order valence-corrected chi connectivity index (χ3v) is 4.81. The molecule has 0 saturated heterocycles. The summed E-state index contributed by atoms with van der Waals surface area (Å²) in [7, 11) is 0. The van der Waals surface area contributed by atoms with Gasteiger partial charge in [0.25, 0.3) is 5.91 Å². The fourth-order valence-corrected chi connectivity index (χ4v) is 2.94. The van der Waals surface area contributed by atoms with Gasteiger partial charge in [0.15, 0.2) is 6.61 Å². The summed E-state index contributed by atoms with van der Waals surface area (Å²) in [6.45, 7) is 5.63. The maximum atomic E-state index is 12.1. The molecule has 0 aliphatic rings. The lowest BCUT2D eigenvalue weighted by molar-refractivity contribution is -0.147. The lowest BCUT2D eigenvalue weighted by Crippen LogP contribution is -2.21. The Kier molecular flexibility index (Phi) is 10.5. The van der Waals surface area contributed by atoms with E-state index in [1.54, 1.807) is 42.5 Å². The monoisotopic (exact) mass is 488 g/mol. The van der Waals surface area contributed by atoms with E-state index in [0.717, 1.165) is 5.56 Å². The van der Waals surface area contributed by atoms with Crippen LogP contribution in [0.5, 0.6) is 0 Å². The fraction of sp³-hybridized carbons (Fsp3) is 0.360. The van der Waals surface area contributed by atoms with Gasteiger partial charge in [-0.05, 0) is 61.2 Å². The van der Waals surface area contributed by atoms with E-state index < -0.39 is 24.5 Å². The van der Waals surface area contributed by atoms with Crippen LogP contribution in [-0.2, 0) is 23.9 Å². The number of esters is 2. The number of hydrogen-bond acceptors (Lipinski definition) is 6. The number of amides is 2. The van der Waals surface area contributed by atoms with E-state index in [1.165, 1.54) is 0 Å². The molecular weight excluding hydrogens is 460 g/mol. The van der Waals surface area contributed by atoms with Crippen LogP contribution in [0.2, 0.25) is 5.02 Å². The molecule has 0 saturated carbocycles. The standard InChI is InChI=1S/C25H29ClN2O6/c1-16(2)14-34-25(32)18-8-11-20(12-9-18)27-22(29)5-4-6-24(31)33-15-23(30)28-21-13-19(26)10-7-17(21)3/h7-13,16H,4-6,14-15H2,1-3H3,(H,27,29)(H,28,30). The summed E-state index contributed by atoms with van der Waals surface area (Å²) >= 11 is 5.91. The van der Waals surface area contributed by atoms with E-state index in [2.05, 4.69) is 10.6 Å². The molecule has 2 amide bonds. The van der Waals surface area contributed by atoms with Gasteiger partial charge >= 0.3 is 11.9 Å². The highest BCUT2D eigenvalue weighted by Crippen LogP contribution is 2.20. The van der Waals surface area contributed by atoms with Crippen molar-refractivity contribution in [2.45, 2.75) is 40.0 Å². The summed E-state index contributed by atoms with van der Waals surface area (Å²) in [5.74, 6) is -1.50. The minimum Gasteiger partial charge on any atom is -0.462 e. The first-order valence-corrected chi connectivity index (χ1v) is 11.3. The Bertz CT molecular complexity index is 1020. The molecule has 0 radical (unpaired) electrons. The molecule has 2 aromatic carbocycles. The molecule has 0 fully saturated rings. The van der Waals surface area contributed by atoms with Crippen LogP contribution >= 0.6 is 11.6 Å². The number of ether oxygens (including phenoxy) is 2. The first kappa shape index (κ1) is 26.9. The largest absolute Gasteiger partial charge is 0.462 e. The molecule has 182 valence electrons. The van der Waals surface area contributed by atoms with Crippen LogP contribution < -0.4 is 10.6 Å². The van der Waals surface area contributed by atoms with Crippen LogP contribution in [0.1, 0.15) is 49.0 Å². The summed E-state index contributed by atoms with van der Waals surface area (Å²) in [4.78, 5) is 47.8. The lowest BCUT2D eigenvalue weighted by Gasteiger charge is -2.10. The molecule has 0 atom stereocenters. The van der Waals surface area contributed by atoms with Crippen molar-refractivity contribution in [3.8, 4) is 0 Å². The number of rotatable bonds is 11. The van der Waals surface area contributed by atoms with Gasteiger partial charge in [0.1, 0.15) is 0 Å². The third-order valence-electron chi connectivity index (χ3n) is 4.57. The summed E-state index contributed by atoms with van der Waals surface area (Å²) in [6.07, 6.45) is 0.359. The predicted molar refractivity (Wildman–Crippen MR) is 130 cm³/mol. The Balaban J connectivity index is 1.66. The zero-order valence-corrected chi connectivity index (χ0v) is 20.2. The van der Waals surface area contributed by atoms with Crippen LogP contribution in [0.25, 0.3) is 0 Å². The number of carbonyl (C=O) groups excluding carboxylic acids is 4. The number of anilines is 2. The summed E-state index contributed by atoms with van der Waals surface area (Å²) in [6, 6.07) is 11.5. The SMILES string of the molecule is Cc1ccc(Cl)cc1NC(=O)COC(=O)CCCC(=O)Nc1ccc(C(=O)OCC(C)C)cc1. The van der Waals surface area contributed by atoms with E-state index in [1.807, 2.05) is 20.8 Å². The third kappa shape index (κ3) is 9.62. The quantitative estimate of drug-likeness (QED) is 0.441. The van der Waals surface area contributed by atoms with Gasteiger partial charge in [0, 0.05) is 29.2 Å². The van der Waals surface area contributed by atoms with Crippen LogP contribution in [-0.4, -0.2) is 37.0 Å². The highest BCUT2D eigenvalue weighted by Gasteiger charge is 2.12. The lowest BCUT2D eigenvalue weighted by atomic mass is 10.2. The predicted octanol–water partition coefficient (Wildman–Crippen LogP) is 4.75. The van der Waals surface area contributed by atoms with Gasteiger partial charge in [-0.2, -0.15) is 0 Å². The van der Waals surface area contributed by atoms with Crippen molar-refractivity contribution in [2.24, 2.45) is 5.92 Å². The molecule has 2 aromatic rings. The average molecular weight is 489 g/mol. The number of halogens is 1. The molecule has 0 spiro atoms. The molecule has 0 heterocycles. The molecular formula is C25H29ClN2O6. The molecule has 34 heavy (non-hydrogen) atoms. The van der Waals surface area contributed by atoms with Crippen molar-refractivity contribution in [1.82, 2.24) is 0 Å². The molecule has 8 nitrogen and oxygen atoms in total. The fourth-order valence-electron chi connectivity index (χ4n) is 2.77. The maximum absolute atomic E-state index is 12.1. The Morgan fingerprint density at radius 2 is 1.62 bits per heavy atom. The Morgan fingerprint density at radius 3 is 2.29 bits per heavy atom. The summed E-state index contributed by atoms with van der Waals surface area (Å²) in [5, 5.41) is 5.82. The van der Waals surface area contributed by atoms with Crippen LogP contribution in [0.4, 0.5) is 11.4 Å². The zero-order valence-electron chi connectivity index (χ0n) is 19.5. The second kappa shape index (κ2) is 13.3. The van der Waals surface area contributed by atoms with E-state index in [9.17, 15) is 19.2 Å². The number of carbonyl (C=O) groups is 4. The second-order valence-electron chi connectivity index (χ2n) is 8.14. The summed E-state index contributed by atoms with van der Waals surface area (Å²) in [5.41, 5.74) is 2.30. The molecule has 0 aliphatic heterocycles. The van der Waals surface area contributed by atoms with Crippen LogP contribution in [0.15, 0.2) is 42.5 Å². The maximum Gasteiger partial charge on any atom is 0.338 e.